The van der Waals surface area contributed by atoms with Crippen molar-refractivity contribution in [2.24, 2.45) is 4.99 Å². The van der Waals surface area contributed by atoms with Crippen LogP contribution in [0.4, 0.5) is 0 Å². The average Bonchev–Trinajstić information content (AvgIpc) is 3.47. The molecule has 0 bridgehead atoms. The molecule has 0 spiro atoms. The number of benzene rings is 3. The first-order valence-corrected chi connectivity index (χ1v) is 12.4. The summed E-state index contributed by atoms with van der Waals surface area (Å²) < 4.78 is 18.4. The van der Waals surface area contributed by atoms with Gasteiger partial charge in [0.05, 0.1) is 28.5 Å². The maximum atomic E-state index is 13.9. The maximum absolute atomic E-state index is 13.9. The number of thiazole rings is 1. The minimum atomic E-state index is -0.662. The van der Waals surface area contributed by atoms with E-state index in [1.807, 2.05) is 66.7 Å². The molecule has 1 atom stereocenters. The molecule has 1 aromatic heterocycles. The van der Waals surface area contributed by atoms with E-state index in [1.54, 1.807) is 18.4 Å². The van der Waals surface area contributed by atoms with Crippen LogP contribution in [0.1, 0.15) is 31.0 Å². The van der Waals surface area contributed by atoms with Crippen LogP contribution in [0, 0.1) is 0 Å². The van der Waals surface area contributed by atoms with Gasteiger partial charge in [0.15, 0.2) is 16.3 Å². The summed E-state index contributed by atoms with van der Waals surface area (Å²) in [6.45, 7) is 3.97. The number of esters is 1. The fourth-order valence-electron chi connectivity index (χ4n) is 4.73. The van der Waals surface area contributed by atoms with E-state index in [0.717, 1.165) is 21.9 Å². The van der Waals surface area contributed by atoms with Crippen LogP contribution in [0.25, 0.3) is 16.8 Å². The summed E-state index contributed by atoms with van der Waals surface area (Å²) >= 11 is 1.29. The van der Waals surface area contributed by atoms with Crippen molar-refractivity contribution in [3.8, 4) is 11.5 Å². The Labute approximate surface area is 210 Å². The zero-order valence-corrected chi connectivity index (χ0v) is 20.5. The lowest BCUT2D eigenvalue weighted by Gasteiger charge is -2.25. The summed E-state index contributed by atoms with van der Waals surface area (Å²) in [6.07, 6.45) is 1.81. The lowest BCUT2D eigenvalue weighted by molar-refractivity contribution is -0.139. The minimum absolute atomic E-state index is 0.182. The Balaban J connectivity index is 1.59. The van der Waals surface area contributed by atoms with Crippen LogP contribution >= 0.6 is 11.3 Å². The number of hydrogen-bond donors (Lipinski definition) is 0. The van der Waals surface area contributed by atoms with Gasteiger partial charge in [-0.1, -0.05) is 59.9 Å². The fraction of sp³-hybridized carbons (Fsp3) is 0.179. The van der Waals surface area contributed by atoms with Gasteiger partial charge in [-0.3, -0.25) is 9.36 Å². The lowest BCUT2D eigenvalue weighted by Crippen LogP contribution is -2.40. The molecule has 0 aliphatic carbocycles. The number of hydrogen-bond acceptors (Lipinski definition) is 7. The third kappa shape index (κ3) is 3.61. The highest BCUT2D eigenvalue weighted by Crippen LogP contribution is 2.35. The van der Waals surface area contributed by atoms with Gasteiger partial charge >= 0.3 is 5.97 Å². The van der Waals surface area contributed by atoms with Crippen molar-refractivity contribution in [3.05, 3.63) is 103 Å². The van der Waals surface area contributed by atoms with Gasteiger partial charge in [-0.05, 0) is 54.0 Å². The SMILES string of the molecule is CCOC(=O)C1=C(C)N=c2s/c(=C/c3ccc4c(c3)OCO4)c(=O)n2[C@H]1c1cccc2ccccc12. The first kappa shape index (κ1) is 22.3. The minimum Gasteiger partial charge on any atom is -0.463 e. The molecule has 180 valence electrons. The van der Waals surface area contributed by atoms with E-state index in [1.165, 1.54) is 11.3 Å². The number of fused-ring (bicyclic) bond motifs is 3. The highest BCUT2D eigenvalue weighted by Gasteiger charge is 2.34. The van der Waals surface area contributed by atoms with Gasteiger partial charge in [0, 0.05) is 0 Å². The van der Waals surface area contributed by atoms with Crippen molar-refractivity contribution in [1.82, 2.24) is 4.57 Å². The summed E-state index contributed by atoms with van der Waals surface area (Å²) in [5.74, 6) is 0.853. The van der Waals surface area contributed by atoms with Crippen LogP contribution in [0.2, 0.25) is 0 Å². The molecular formula is C28H22N2O5S. The van der Waals surface area contributed by atoms with E-state index in [9.17, 15) is 9.59 Å². The highest BCUT2D eigenvalue weighted by molar-refractivity contribution is 7.07. The van der Waals surface area contributed by atoms with E-state index in [-0.39, 0.29) is 19.0 Å². The molecule has 0 N–H and O–H groups in total. The standard InChI is InChI=1S/C28H22N2O5S/c1-3-33-27(32)24-16(2)29-28-30(25(24)20-10-6-8-18-7-4-5-9-19(18)20)26(31)23(36-28)14-17-11-12-21-22(13-17)35-15-34-21/h4-14,25H,3,15H2,1-2H3/b23-14+/t25-/m0/s1. The zero-order valence-electron chi connectivity index (χ0n) is 19.7. The summed E-state index contributed by atoms with van der Waals surface area (Å²) in [4.78, 5) is 32.2. The first-order chi connectivity index (χ1) is 17.5. The van der Waals surface area contributed by atoms with Gasteiger partial charge in [0.2, 0.25) is 6.79 Å². The molecule has 0 unspecified atom stereocenters. The molecule has 3 heterocycles. The number of aromatic nitrogens is 1. The normalized spacial score (nSPS) is 16.7. The molecule has 0 radical (unpaired) electrons. The van der Waals surface area contributed by atoms with Crippen molar-refractivity contribution in [2.75, 3.05) is 13.4 Å². The molecule has 8 heteroatoms. The Morgan fingerprint density at radius 2 is 1.94 bits per heavy atom. The molecule has 2 aliphatic heterocycles. The topological polar surface area (TPSA) is 79.1 Å². The van der Waals surface area contributed by atoms with Crippen molar-refractivity contribution in [2.45, 2.75) is 19.9 Å². The number of allylic oxidation sites excluding steroid dienone is 1. The molecule has 0 fully saturated rings. The third-order valence-corrected chi connectivity index (χ3v) is 7.31. The molecule has 36 heavy (non-hydrogen) atoms. The number of ether oxygens (including phenoxy) is 3. The van der Waals surface area contributed by atoms with Crippen LogP contribution in [0.5, 0.6) is 11.5 Å². The van der Waals surface area contributed by atoms with E-state index < -0.39 is 12.0 Å². The molecule has 0 saturated carbocycles. The van der Waals surface area contributed by atoms with Crippen molar-refractivity contribution < 1.29 is 19.0 Å². The summed E-state index contributed by atoms with van der Waals surface area (Å²) in [5.41, 5.74) is 2.36. The second-order valence-electron chi connectivity index (χ2n) is 8.48. The van der Waals surface area contributed by atoms with Gasteiger partial charge in [-0.25, -0.2) is 9.79 Å². The molecule has 0 saturated heterocycles. The smallest absolute Gasteiger partial charge is 0.338 e. The van der Waals surface area contributed by atoms with E-state index in [4.69, 9.17) is 14.2 Å². The van der Waals surface area contributed by atoms with Crippen molar-refractivity contribution >= 4 is 34.2 Å². The van der Waals surface area contributed by atoms with Crippen LogP contribution in [-0.2, 0) is 9.53 Å². The Kier molecular flexibility index (Phi) is 5.45. The molecule has 0 amide bonds. The molecular weight excluding hydrogens is 476 g/mol. The van der Waals surface area contributed by atoms with Crippen LogP contribution in [-0.4, -0.2) is 23.9 Å². The molecule has 4 aromatic rings. The quantitative estimate of drug-likeness (QED) is 0.401. The number of nitrogens with zero attached hydrogens (tertiary/aromatic N) is 2. The average molecular weight is 499 g/mol. The highest BCUT2D eigenvalue weighted by atomic mass is 32.1. The second kappa shape index (κ2) is 8.80. The third-order valence-electron chi connectivity index (χ3n) is 6.33. The summed E-state index contributed by atoms with van der Waals surface area (Å²) in [5, 5.41) is 1.99. The van der Waals surface area contributed by atoms with Gasteiger partial charge < -0.3 is 14.2 Å². The zero-order chi connectivity index (χ0) is 24.8. The molecule has 7 nitrogen and oxygen atoms in total. The molecule has 2 aliphatic rings. The fourth-order valence-corrected chi connectivity index (χ4v) is 5.78. The predicted molar refractivity (Wildman–Crippen MR) is 137 cm³/mol. The Morgan fingerprint density at radius 3 is 2.81 bits per heavy atom. The molecule has 3 aromatic carbocycles. The maximum Gasteiger partial charge on any atom is 0.338 e. The van der Waals surface area contributed by atoms with Crippen LogP contribution < -0.4 is 24.4 Å². The Hall–Kier alpha value is -4.17. The lowest BCUT2D eigenvalue weighted by atomic mass is 9.91. The van der Waals surface area contributed by atoms with Crippen molar-refractivity contribution in [1.29, 1.82) is 0 Å². The van der Waals surface area contributed by atoms with E-state index >= 15 is 0 Å². The van der Waals surface area contributed by atoms with E-state index in [0.29, 0.717) is 32.1 Å². The van der Waals surface area contributed by atoms with Gasteiger partial charge in [0.25, 0.3) is 5.56 Å². The number of carbonyl (C=O) groups excluding carboxylic acids is 1. The largest absolute Gasteiger partial charge is 0.463 e. The Morgan fingerprint density at radius 1 is 1.14 bits per heavy atom. The second-order valence-corrected chi connectivity index (χ2v) is 9.49. The van der Waals surface area contributed by atoms with Crippen LogP contribution in [0.15, 0.2) is 81.7 Å². The summed E-state index contributed by atoms with van der Waals surface area (Å²) in [7, 11) is 0. The number of carbonyl (C=O) groups is 1. The Bertz CT molecular complexity index is 1740. The van der Waals surface area contributed by atoms with Crippen LogP contribution in [0.3, 0.4) is 0 Å². The molecule has 6 rings (SSSR count). The first-order valence-electron chi connectivity index (χ1n) is 11.6. The van der Waals surface area contributed by atoms with E-state index in [2.05, 4.69) is 4.99 Å². The predicted octanol–water partition coefficient (Wildman–Crippen LogP) is 3.68. The van der Waals surface area contributed by atoms with Gasteiger partial charge in [-0.2, -0.15) is 0 Å². The summed E-state index contributed by atoms with van der Waals surface area (Å²) in [6, 6.07) is 18.8. The van der Waals surface area contributed by atoms with Gasteiger partial charge in [-0.15, -0.1) is 0 Å². The monoisotopic (exact) mass is 498 g/mol. The van der Waals surface area contributed by atoms with Crippen molar-refractivity contribution in [3.63, 3.8) is 0 Å². The van der Waals surface area contributed by atoms with Gasteiger partial charge in [0.1, 0.15) is 0 Å². The number of rotatable bonds is 4.